The summed E-state index contributed by atoms with van der Waals surface area (Å²) in [5, 5.41) is 0. The van der Waals surface area contributed by atoms with E-state index in [1.54, 1.807) is 7.11 Å². The van der Waals surface area contributed by atoms with Crippen molar-refractivity contribution in [3.05, 3.63) is 66.4 Å². The summed E-state index contributed by atoms with van der Waals surface area (Å²) in [7, 11) is 1.64. The van der Waals surface area contributed by atoms with Gasteiger partial charge in [0.05, 0.1) is 7.11 Å². The molecule has 0 aromatic heterocycles. The third kappa shape index (κ3) is 2.82. The molecule has 0 saturated carbocycles. The minimum atomic E-state index is 0.187. The Kier molecular flexibility index (Phi) is 3.73. The quantitative estimate of drug-likeness (QED) is 0.861. The molecule has 0 fully saturated rings. The number of Topliss-reactive ketones (excluding diaryl/α,β-unsaturated/α-hetero) is 1. The highest BCUT2D eigenvalue weighted by Crippen LogP contribution is 2.27. The van der Waals surface area contributed by atoms with Gasteiger partial charge in [0.25, 0.3) is 0 Å². The number of ether oxygens (including phenoxy) is 1. The first-order valence-electron chi connectivity index (χ1n) is 6.99. The molecule has 0 aliphatic carbocycles. The highest BCUT2D eigenvalue weighted by molar-refractivity contribution is 6.22. The van der Waals surface area contributed by atoms with Crippen LogP contribution >= 0.6 is 0 Å². The number of nitrogens with zero attached hydrogens (tertiary/aromatic N) is 1. The van der Waals surface area contributed by atoms with Crippen LogP contribution in [0.3, 0.4) is 0 Å². The minimum Gasteiger partial charge on any atom is -0.497 e. The van der Waals surface area contributed by atoms with Crippen molar-refractivity contribution in [2.75, 3.05) is 18.6 Å². The standard InChI is InChI=1S/C18H17NO2/c1-21-16-9-7-14(8-10-16)17-13-19(12-11-18(17)20)15-5-3-2-4-6-15/h2-10,13H,11-12H2,1H3. The number of anilines is 1. The largest absolute Gasteiger partial charge is 0.497 e. The molecule has 0 radical (unpaired) electrons. The van der Waals surface area contributed by atoms with Gasteiger partial charge in [0.1, 0.15) is 5.75 Å². The molecule has 0 atom stereocenters. The SMILES string of the molecule is COc1ccc(C2=CN(c3ccccc3)CCC2=O)cc1. The molecule has 106 valence electrons. The number of methoxy groups -OCH3 is 1. The van der Waals surface area contributed by atoms with Crippen molar-refractivity contribution in [1.82, 2.24) is 0 Å². The van der Waals surface area contributed by atoms with Crippen LogP contribution in [0.25, 0.3) is 5.57 Å². The van der Waals surface area contributed by atoms with E-state index in [1.807, 2.05) is 48.7 Å². The Hall–Kier alpha value is -2.55. The van der Waals surface area contributed by atoms with Crippen molar-refractivity contribution in [3.63, 3.8) is 0 Å². The van der Waals surface area contributed by atoms with Crippen LogP contribution in [-0.4, -0.2) is 19.4 Å². The molecule has 3 rings (SSSR count). The third-order valence-corrected chi connectivity index (χ3v) is 3.65. The lowest BCUT2D eigenvalue weighted by molar-refractivity contribution is -0.113. The Morgan fingerprint density at radius 1 is 1.00 bits per heavy atom. The Morgan fingerprint density at radius 3 is 2.38 bits per heavy atom. The Labute approximate surface area is 124 Å². The van der Waals surface area contributed by atoms with Gasteiger partial charge in [-0.15, -0.1) is 0 Å². The van der Waals surface area contributed by atoms with E-state index in [2.05, 4.69) is 17.0 Å². The molecule has 0 bridgehead atoms. The Morgan fingerprint density at radius 2 is 1.71 bits per heavy atom. The lowest BCUT2D eigenvalue weighted by Crippen LogP contribution is -2.26. The van der Waals surface area contributed by atoms with Gasteiger partial charge in [0.2, 0.25) is 0 Å². The summed E-state index contributed by atoms with van der Waals surface area (Å²) in [4.78, 5) is 14.3. The zero-order valence-electron chi connectivity index (χ0n) is 12.0. The van der Waals surface area contributed by atoms with E-state index in [-0.39, 0.29) is 5.78 Å². The van der Waals surface area contributed by atoms with Crippen molar-refractivity contribution >= 4 is 17.0 Å². The molecule has 2 aromatic rings. The van der Waals surface area contributed by atoms with Crippen molar-refractivity contribution in [1.29, 1.82) is 0 Å². The van der Waals surface area contributed by atoms with Gasteiger partial charge in [0.15, 0.2) is 5.78 Å². The number of rotatable bonds is 3. The second-order valence-electron chi connectivity index (χ2n) is 4.97. The molecule has 1 aliphatic rings. The van der Waals surface area contributed by atoms with Gasteiger partial charge in [-0.1, -0.05) is 30.3 Å². The number of hydrogen-bond donors (Lipinski definition) is 0. The van der Waals surface area contributed by atoms with Crippen LogP contribution in [0, 0.1) is 0 Å². The predicted octanol–water partition coefficient (Wildman–Crippen LogP) is 3.52. The van der Waals surface area contributed by atoms with Crippen molar-refractivity contribution < 1.29 is 9.53 Å². The number of benzene rings is 2. The van der Waals surface area contributed by atoms with Gasteiger partial charge >= 0.3 is 0 Å². The van der Waals surface area contributed by atoms with E-state index in [0.29, 0.717) is 6.42 Å². The van der Waals surface area contributed by atoms with Crippen LogP contribution < -0.4 is 9.64 Å². The van der Waals surface area contributed by atoms with Gasteiger partial charge in [0, 0.05) is 30.4 Å². The van der Waals surface area contributed by atoms with Gasteiger partial charge < -0.3 is 9.64 Å². The molecule has 3 nitrogen and oxygen atoms in total. The molecule has 2 aromatic carbocycles. The highest BCUT2D eigenvalue weighted by Gasteiger charge is 2.20. The number of carbonyl (C=O) groups excluding carboxylic acids is 1. The first kappa shape index (κ1) is 13.4. The predicted molar refractivity (Wildman–Crippen MR) is 84.4 cm³/mol. The van der Waals surface area contributed by atoms with E-state index in [1.165, 1.54) is 0 Å². The molecule has 1 heterocycles. The van der Waals surface area contributed by atoms with Crippen LogP contribution in [0.4, 0.5) is 5.69 Å². The molecular formula is C18H17NO2. The Balaban J connectivity index is 1.94. The number of hydrogen-bond acceptors (Lipinski definition) is 3. The summed E-state index contributed by atoms with van der Waals surface area (Å²) in [6.07, 6.45) is 2.48. The summed E-state index contributed by atoms with van der Waals surface area (Å²) in [5.41, 5.74) is 2.80. The molecular weight excluding hydrogens is 262 g/mol. The summed E-state index contributed by atoms with van der Waals surface area (Å²) in [6, 6.07) is 17.7. The van der Waals surface area contributed by atoms with E-state index < -0.39 is 0 Å². The van der Waals surface area contributed by atoms with Crippen molar-refractivity contribution in [2.45, 2.75) is 6.42 Å². The van der Waals surface area contributed by atoms with E-state index in [0.717, 1.165) is 29.1 Å². The maximum absolute atomic E-state index is 12.2. The average molecular weight is 279 g/mol. The number of para-hydroxylation sites is 1. The molecule has 0 unspecified atom stereocenters. The van der Waals surface area contributed by atoms with Crippen molar-refractivity contribution in [3.8, 4) is 5.75 Å². The van der Waals surface area contributed by atoms with E-state index in [9.17, 15) is 4.79 Å². The van der Waals surface area contributed by atoms with Crippen LogP contribution in [0.5, 0.6) is 5.75 Å². The average Bonchev–Trinajstić information content (AvgIpc) is 2.56. The summed E-state index contributed by atoms with van der Waals surface area (Å²) in [5.74, 6) is 0.981. The zero-order chi connectivity index (χ0) is 14.7. The van der Waals surface area contributed by atoms with E-state index in [4.69, 9.17) is 4.74 Å². The lowest BCUT2D eigenvalue weighted by atomic mass is 9.97. The van der Waals surface area contributed by atoms with Crippen molar-refractivity contribution in [2.24, 2.45) is 0 Å². The molecule has 21 heavy (non-hydrogen) atoms. The fraction of sp³-hybridized carbons (Fsp3) is 0.167. The number of allylic oxidation sites excluding steroid dienone is 1. The normalized spacial score (nSPS) is 14.8. The second kappa shape index (κ2) is 5.83. The van der Waals surface area contributed by atoms with E-state index >= 15 is 0 Å². The maximum Gasteiger partial charge on any atom is 0.166 e. The molecule has 1 aliphatic heterocycles. The smallest absolute Gasteiger partial charge is 0.166 e. The van der Waals surface area contributed by atoms with Crippen LogP contribution in [0.1, 0.15) is 12.0 Å². The first-order valence-corrected chi connectivity index (χ1v) is 6.99. The van der Waals surface area contributed by atoms with Crippen LogP contribution in [-0.2, 0) is 4.79 Å². The number of carbonyl (C=O) groups is 1. The lowest BCUT2D eigenvalue weighted by Gasteiger charge is -2.26. The second-order valence-corrected chi connectivity index (χ2v) is 4.97. The summed E-state index contributed by atoms with van der Waals surface area (Å²) in [6.45, 7) is 0.725. The molecule has 0 N–H and O–H groups in total. The number of ketones is 1. The minimum absolute atomic E-state index is 0.187. The highest BCUT2D eigenvalue weighted by atomic mass is 16.5. The zero-order valence-corrected chi connectivity index (χ0v) is 12.0. The first-order chi connectivity index (χ1) is 10.3. The molecule has 0 saturated heterocycles. The fourth-order valence-corrected chi connectivity index (χ4v) is 2.48. The summed E-state index contributed by atoms with van der Waals surface area (Å²) >= 11 is 0. The van der Waals surface area contributed by atoms with Gasteiger partial charge in [-0.3, -0.25) is 4.79 Å². The van der Waals surface area contributed by atoms with Gasteiger partial charge in [-0.25, -0.2) is 0 Å². The summed E-state index contributed by atoms with van der Waals surface area (Å²) < 4.78 is 5.16. The fourth-order valence-electron chi connectivity index (χ4n) is 2.48. The third-order valence-electron chi connectivity index (χ3n) is 3.65. The van der Waals surface area contributed by atoms with Gasteiger partial charge in [-0.2, -0.15) is 0 Å². The molecule has 3 heteroatoms. The molecule has 0 spiro atoms. The topological polar surface area (TPSA) is 29.5 Å². The monoisotopic (exact) mass is 279 g/mol. The Bertz CT molecular complexity index is 659. The van der Waals surface area contributed by atoms with Crippen LogP contribution in [0.15, 0.2) is 60.8 Å². The maximum atomic E-state index is 12.2. The molecule has 0 amide bonds. The van der Waals surface area contributed by atoms with Gasteiger partial charge in [-0.05, 0) is 29.8 Å². The van der Waals surface area contributed by atoms with Crippen LogP contribution in [0.2, 0.25) is 0 Å².